The van der Waals surface area contributed by atoms with Gasteiger partial charge in [-0.15, -0.1) is 11.3 Å². The number of aromatic nitrogens is 1. The molecule has 0 aliphatic heterocycles. The van der Waals surface area contributed by atoms with Gasteiger partial charge in [0.15, 0.2) is 0 Å². The number of nitrogens with zero attached hydrogens (tertiary/aromatic N) is 2. The monoisotopic (exact) mass is 276 g/mol. The Hall–Kier alpha value is -0.420. The highest BCUT2D eigenvalue weighted by Crippen LogP contribution is 2.18. The molecule has 0 radical (unpaired) electrons. The summed E-state index contributed by atoms with van der Waals surface area (Å²) in [4.78, 5) is 18.5. The van der Waals surface area contributed by atoms with Gasteiger partial charge in [-0.25, -0.2) is 4.98 Å². The molecule has 3 nitrogen and oxygen atoms in total. The number of halogens is 1. The van der Waals surface area contributed by atoms with Crippen LogP contribution in [0.2, 0.25) is 0 Å². The van der Waals surface area contributed by atoms with Gasteiger partial charge in [-0.1, -0.05) is 15.9 Å². The summed E-state index contributed by atoms with van der Waals surface area (Å²) in [5.74, 6) is 0.0625. The van der Waals surface area contributed by atoms with Gasteiger partial charge in [0, 0.05) is 18.9 Å². The van der Waals surface area contributed by atoms with Gasteiger partial charge >= 0.3 is 0 Å². The highest BCUT2D eigenvalue weighted by atomic mass is 79.9. The average molecular weight is 277 g/mol. The van der Waals surface area contributed by atoms with E-state index in [4.69, 9.17) is 0 Å². The van der Waals surface area contributed by atoms with Crippen molar-refractivity contribution in [3.8, 4) is 0 Å². The lowest BCUT2D eigenvalue weighted by molar-refractivity contribution is 0.0808. The maximum atomic E-state index is 11.8. The normalized spacial score (nSPS) is 10.3. The Bertz CT molecular complexity index is 338. The molecule has 0 aliphatic carbocycles. The molecule has 5 heteroatoms. The first-order valence-electron chi connectivity index (χ1n) is 4.31. The molecule has 0 unspecified atom stereocenters. The maximum absolute atomic E-state index is 11.8. The van der Waals surface area contributed by atoms with Crippen molar-refractivity contribution in [3.63, 3.8) is 0 Å². The fraction of sp³-hybridized carbons (Fsp3) is 0.556. The Morgan fingerprint density at radius 2 is 2.21 bits per heavy atom. The summed E-state index contributed by atoms with van der Waals surface area (Å²) >= 11 is 4.77. The molecule has 1 rings (SSSR count). The van der Waals surface area contributed by atoms with Crippen LogP contribution < -0.4 is 0 Å². The Kier molecular flexibility index (Phi) is 4.07. The van der Waals surface area contributed by atoms with Gasteiger partial charge in [0.2, 0.25) is 0 Å². The van der Waals surface area contributed by atoms with Gasteiger partial charge < -0.3 is 4.90 Å². The van der Waals surface area contributed by atoms with Crippen molar-refractivity contribution >= 4 is 33.2 Å². The smallest absolute Gasteiger partial charge is 0.265 e. The molecule has 78 valence electrons. The van der Waals surface area contributed by atoms with E-state index < -0.39 is 0 Å². The molecule has 1 aromatic rings. The molecule has 0 aromatic carbocycles. The molecule has 0 spiro atoms. The Labute approximate surface area is 96.3 Å². The summed E-state index contributed by atoms with van der Waals surface area (Å²) in [6.07, 6.45) is 0. The van der Waals surface area contributed by atoms with E-state index in [9.17, 15) is 4.79 Å². The number of rotatable bonds is 3. The molecule has 0 aliphatic rings. The molecule has 0 atom stereocenters. The number of carbonyl (C=O) groups is 1. The van der Waals surface area contributed by atoms with Crippen molar-refractivity contribution in [2.24, 2.45) is 0 Å². The maximum Gasteiger partial charge on any atom is 0.265 e. The summed E-state index contributed by atoms with van der Waals surface area (Å²) in [5.41, 5.74) is 0.832. The van der Waals surface area contributed by atoms with E-state index in [2.05, 4.69) is 20.9 Å². The fourth-order valence-electron chi connectivity index (χ4n) is 1.13. The summed E-state index contributed by atoms with van der Waals surface area (Å²) in [6, 6.07) is 0. The van der Waals surface area contributed by atoms with Crippen molar-refractivity contribution in [1.29, 1.82) is 0 Å². The lowest BCUT2D eigenvalue weighted by Crippen LogP contribution is -2.28. The van der Waals surface area contributed by atoms with E-state index in [0.717, 1.165) is 27.5 Å². The summed E-state index contributed by atoms with van der Waals surface area (Å²) in [7, 11) is 1.80. The molecule has 0 fully saturated rings. The third-order valence-corrected chi connectivity index (χ3v) is 3.28. The van der Waals surface area contributed by atoms with Crippen LogP contribution in [0.15, 0.2) is 0 Å². The van der Waals surface area contributed by atoms with Crippen LogP contribution in [0.3, 0.4) is 0 Å². The quantitative estimate of drug-likeness (QED) is 0.794. The summed E-state index contributed by atoms with van der Waals surface area (Å²) in [5, 5.41) is 1.74. The Morgan fingerprint density at radius 3 is 2.64 bits per heavy atom. The first-order chi connectivity index (χ1) is 6.56. The second kappa shape index (κ2) is 4.89. The topological polar surface area (TPSA) is 33.2 Å². The predicted octanol–water partition coefficient (Wildman–Crippen LogP) is 2.23. The molecular formula is C9H13BrN2OS. The van der Waals surface area contributed by atoms with E-state index in [-0.39, 0.29) is 5.91 Å². The van der Waals surface area contributed by atoms with Crippen LogP contribution >= 0.6 is 27.3 Å². The Balaban J connectivity index is 2.83. The van der Waals surface area contributed by atoms with Crippen LogP contribution in [0.4, 0.5) is 0 Å². The highest BCUT2D eigenvalue weighted by molar-refractivity contribution is 9.09. The van der Waals surface area contributed by atoms with Crippen molar-refractivity contribution in [2.75, 3.05) is 18.9 Å². The van der Waals surface area contributed by atoms with Crippen LogP contribution in [0, 0.1) is 13.8 Å². The minimum absolute atomic E-state index is 0.0625. The minimum Gasteiger partial charge on any atom is -0.340 e. The number of hydrogen-bond acceptors (Lipinski definition) is 3. The van der Waals surface area contributed by atoms with Crippen LogP contribution in [-0.2, 0) is 0 Å². The van der Waals surface area contributed by atoms with Gasteiger partial charge in [0.05, 0.1) is 10.7 Å². The average Bonchev–Trinajstić information content (AvgIpc) is 2.44. The van der Waals surface area contributed by atoms with E-state index in [0.29, 0.717) is 0 Å². The molecule has 1 heterocycles. The lowest BCUT2D eigenvalue weighted by atomic mass is 10.3. The molecule has 14 heavy (non-hydrogen) atoms. The SMILES string of the molecule is Cc1nc(C)c(C(=O)N(C)CCBr)s1. The Morgan fingerprint density at radius 1 is 1.57 bits per heavy atom. The third-order valence-electron chi connectivity index (χ3n) is 1.86. The standard InChI is InChI=1S/C9H13BrN2OS/c1-6-8(14-7(2)11-6)9(13)12(3)5-4-10/h4-5H2,1-3H3. The van der Waals surface area contributed by atoms with E-state index in [1.165, 1.54) is 11.3 Å². The number of carbonyl (C=O) groups excluding carboxylic acids is 1. The van der Waals surface area contributed by atoms with Crippen LogP contribution in [0.5, 0.6) is 0 Å². The molecule has 1 aromatic heterocycles. The zero-order valence-electron chi connectivity index (χ0n) is 8.50. The van der Waals surface area contributed by atoms with Gasteiger partial charge in [-0.3, -0.25) is 4.79 Å². The number of amides is 1. The van der Waals surface area contributed by atoms with Crippen LogP contribution in [0.1, 0.15) is 20.4 Å². The van der Waals surface area contributed by atoms with Gasteiger partial charge in [0.25, 0.3) is 5.91 Å². The van der Waals surface area contributed by atoms with Gasteiger partial charge in [0.1, 0.15) is 4.88 Å². The predicted molar refractivity (Wildman–Crippen MR) is 62.3 cm³/mol. The summed E-state index contributed by atoms with van der Waals surface area (Å²) in [6.45, 7) is 4.51. The molecule has 1 amide bonds. The zero-order chi connectivity index (χ0) is 10.7. The first kappa shape index (κ1) is 11.7. The highest BCUT2D eigenvalue weighted by Gasteiger charge is 2.16. The second-order valence-electron chi connectivity index (χ2n) is 3.06. The number of thiazole rings is 1. The number of hydrogen-bond donors (Lipinski definition) is 0. The van der Waals surface area contributed by atoms with Crippen LogP contribution in [-0.4, -0.2) is 34.7 Å². The van der Waals surface area contributed by atoms with Gasteiger partial charge in [-0.05, 0) is 13.8 Å². The lowest BCUT2D eigenvalue weighted by Gasteiger charge is -2.14. The first-order valence-corrected chi connectivity index (χ1v) is 6.25. The zero-order valence-corrected chi connectivity index (χ0v) is 10.9. The van der Waals surface area contributed by atoms with Gasteiger partial charge in [-0.2, -0.15) is 0 Å². The van der Waals surface area contributed by atoms with Crippen molar-refractivity contribution < 1.29 is 4.79 Å². The molecule has 0 saturated carbocycles. The molecule has 0 bridgehead atoms. The molecule has 0 N–H and O–H groups in total. The van der Waals surface area contributed by atoms with E-state index >= 15 is 0 Å². The molecular weight excluding hydrogens is 264 g/mol. The van der Waals surface area contributed by atoms with E-state index in [1.54, 1.807) is 11.9 Å². The van der Waals surface area contributed by atoms with Crippen molar-refractivity contribution in [1.82, 2.24) is 9.88 Å². The minimum atomic E-state index is 0.0625. The van der Waals surface area contributed by atoms with Crippen LogP contribution in [0.25, 0.3) is 0 Å². The summed E-state index contributed by atoms with van der Waals surface area (Å²) < 4.78 is 0. The largest absolute Gasteiger partial charge is 0.340 e. The number of aryl methyl sites for hydroxylation is 2. The van der Waals surface area contributed by atoms with Crippen molar-refractivity contribution in [3.05, 3.63) is 15.6 Å². The fourth-order valence-corrected chi connectivity index (χ4v) is 2.58. The van der Waals surface area contributed by atoms with E-state index in [1.807, 2.05) is 13.8 Å². The van der Waals surface area contributed by atoms with Crippen molar-refractivity contribution in [2.45, 2.75) is 13.8 Å². The molecule has 0 saturated heterocycles. The third kappa shape index (κ3) is 2.54. The second-order valence-corrected chi connectivity index (χ2v) is 5.06. The number of alkyl halides is 1.